The molecule has 0 spiro atoms. The quantitative estimate of drug-likeness (QED) is 0.544. The third kappa shape index (κ3) is 0.716. The van der Waals surface area contributed by atoms with Crippen LogP contribution in [0, 0.1) is 16.7 Å². The summed E-state index contributed by atoms with van der Waals surface area (Å²) in [5.74, 6) is 0.558. The molecular weight excluding hydrogens is 110 g/mol. The van der Waals surface area contributed by atoms with Crippen molar-refractivity contribution in [1.82, 2.24) is 0 Å². The molecule has 0 aromatic rings. The Kier molecular flexibility index (Phi) is 1.23. The van der Waals surface area contributed by atoms with Gasteiger partial charge in [0.2, 0.25) is 0 Å². The van der Waals surface area contributed by atoms with Gasteiger partial charge in [0, 0.05) is 17.5 Å². The van der Waals surface area contributed by atoms with Crippen molar-refractivity contribution in [3.05, 3.63) is 12.7 Å². The van der Waals surface area contributed by atoms with E-state index in [1.165, 1.54) is 0 Å². The summed E-state index contributed by atoms with van der Waals surface area (Å²) >= 11 is 0. The normalized spacial score (nSPS) is 33.0. The lowest BCUT2D eigenvalue weighted by molar-refractivity contribution is 0.482. The van der Waals surface area contributed by atoms with E-state index in [9.17, 15) is 0 Å². The first-order chi connectivity index (χ1) is 4.13. The van der Waals surface area contributed by atoms with Gasteiger partial charge in [0.05, 0.1) is 0 Å². The Hall–Kier alpha value is -0.590. The highest BCUT2D eigenvalue weighted by atomic mass is 14.6. The first-order valence-corrected chi connectivity index (χ1v) is 3.35. The number of nitrogens with one attached hydrogen (secondary N) is 1. The molecule has 1 atom stereocenters. The van der Waals surface area contributed by atoms with E-state index in [0.717, 1.165) is 12.1 Å². The maximum Gasteiger partial charge on any atom is 0.0332 e. The molecule has 1 N–H and O–H groups in total. The van der Waals surface area contributed by atoms with Crippen molar-refractivity contribution in [1.29, 1.82) is 5.41 Å². The molecule has 0 amide bonds. The molecule has 50 valence electrons. The minimum absolute atomic E-state index is 0.0972. The third-order valence-corrected chi connectivity index (χ3v) is 2.30. The summed E-state index contributed by atoms with van der Waals surface area (Å²) in [4.78, 5) is 0. The van der Waals surface area contributed by atoms with Crippen molar-refractivity contribution in [3.63, 3.8) is 0 Å². The number of hydrogen-bond acceptors (Lipinski definition) is 1. The van der Waals surface area contributed by atoms with Crippen molar-refractivity contribution in [2.45, 2.75) is 20.3 Å². The predicted octanol–water partition coefficient (Wildman–Crippen LogP) is 2.24. The molecule has 1 fully saturated rings. The van der Waals surface area contributed by atoms with Gasteiger partial charge in [0.15, 0.2) is 0 Å². The Balaban J connectivity index is 2.73. The van der Waals surface area contributed by atoms with Gasteiger partial charge in [-0.1, -0.05) is 19.9 Å². The van der Waals surface area contributed by atoms with Crippen LogP contribution in [0.15, 0.2) is 12.7 Å². The van der Waals surface area contributed by atoms with Gasteiger partial charge in [-0.05, 0) is 5.92 Å². The average Bonchev–Trinajstić information content (AvgIpc) is 2.43. The van der Waals surface area contributed by atoms with Crippen LogP contribution in [0.4, 0.5) is 0 Å². The molecule has 0 radical (unpaired) electrons. The van der Waals surface area contributed by atoms with E-state index >= 15 is 0 Å². The van der Waals surface area contributed by atoms with E-state index < -0.39 is 0 Å². The van der Waals surface area contributed by atoms with Gasteiger partial charge in [-0.15, -0.1) is 6.58 Å². The van der Waals surface area contributed by atoms with Gasteiger partial charge < -0.3 is 5.41 Å². The van der Waals surface area contributed by atoms with Gasteiger partial charge in [-0.25, -0.2) is 0 Å². The van der Waals surface area contributed by atoms with Crippen LogP contribution in [0.25, 0.3) is 0 Å². The smallest absolute Gasteiger partial charge is 0.0332 e. The fourth-order valence-electron chi connectivity index (χ4n) is 1.23. The van der Waals surface area contributed by atoms with Crippen molar-refractivity contribution in [2.24, 2.45) is 11.3 Å². The van der Waals surface area contributed by atoms with Gasteiger partial charge in [0.1, 0.15) is 0 Å². The third-order valence-electron chi connectivity index (χ3n) is 2.30. The Morgan fingerprint density at radius 1 is 1.78 bits per heavy atom. The highest BCUT2D eigenvalue weighted by molar-refractivity contribution is 6.05. The molecule has 1 saturated carbocycles. The molecule has 0 aliphatic heterocycles. The lowest BCUT2D eigenvalue weighted by Gasteiger charge is -2.11. The summed E-state index contributed by atoms with van der Waals surface area (Å²) in [7, 11) is 0. The molecule has 1 aliphatic carbocycles. The molecule has 0 aromatic heterocycles. The van der Waals surface area contributed by atoms with Crippen LogP contribution in [0.3, 0.4) is 0 Å². The molecule has 1 heteroatoms. The molecule has 0 heterocycles. The fourth-order valence-corrected chi connectivity index (χ4v) is 1.23. The van der Waals surface area contributed by atoms with Gasteiger partial charge >= 0.3 is 0 Å². The standard InChI is InChI=1S/C8H13N/c1-4-8(6(2)3)5-7(8)9/h4,6,9H,1,5H2,2-3H3. The van der Waals surface area contributed by atoms with E-state index in [4.69, 9.17) is 5.41 Å². The molecule has 1 rings (SSSR count). The monoisotopic (exact) mass is 123 g/mol. The summed E-state index contributed by atoms with van der Waals surface area (Å²) in [6.07, 6.45) is 2.86. The second kappa shape index (κ2) is 1.69. The Morgan fingerprint density at radius 2 is 2.22 bits per heavy atom. The minimum Gasteiger partial charge on any atom is -0.309 e. The van der Waals surface area contributed by atoms with Gasteiger partial charge in [-0.2, -0.15) is 0 Å². The molecule has 1 aliphatic rings. The Bertz CT molecular complexity index is 158. The first kappa shape index (κ1) is 6.53. The Labute approximate surface area is 56.3 Å². The van der Waals surface area contributed by atoms with Crippen LogP contribution in [-0.2, 0) is 0 Å². The van der Waals surface area contributed by atoms with Crippen molar-refractivity contribution < 1.29 is 0 Å². The predicted molar refractivity (Wildman–Crippen MR) is 39.8 cm³/mol. The second-order valence-corrected chi connectivity index (χ2v) is 3.05. The zero-order valence-electron chi connectivity index (χ0n) is 6.07. The topological polar surface area (TPSA) is 23.9 Å². The molecule has 0 aromatic carbocycles. The van der Waals surface area contributed by atoms with E-state index in [0.29, 0.717) is 5.92 Å². The average molecular weight is 123 g/mol. The highest BCUT2D eigenvalue weighted by Crippen LogP contribution is 2.48. The van der Waals surface area contributed by atoms with Crippen LogP contribution in [-0.4, -0.2) is 5.71 Å². The summed E-state index contributed by atoms with van der Waals surface area (Å²) in [5.41, 5.74) is 0.951. The van der Waals surface area contributed by atoms with Gasteiger partial charge in [-0.3, -0.25) is 0 Å². The van der Waals surface area contributed by atoms with E-state index in [1.54, 1.807) is 0 Å². The number of hydrogen-bond donors (Lipinski definition) is 1. The summed E-state index contributed by atoms with van der Waals surface area (Å²) in [6, 6.07) is 0. The van der Waals surface area contributed by atoms with Crippen molar-refractivity contribution >= 4 is 5.71 Å². The minimum atomic E-state index is 0.0972. The maximum absolute atomic E-state index is 7.38. The van der Waals surface area contributed by atoms with Crippen LogP contribution in [0.1, 0.15) is 20.3 Å². The Morgan fingerprint density at radius 3 is 2.22 bits per heavy atom. The van der Waals surface area contributed by atoms with Crippen LogP contribution >= 0.6 is 0 Å². The maximum atomic E-state index is 7.38. The van der Waals surface area contributed by atoms with Crippen LogP contribution in [0.2, 0.25) is 0 Å². The highest BCUT2D eigenvalue weighted by Gasteiger charge is 2.49. The van der Waals surface area contributed by atoms with Crippen molar-refractivity contribution in [3.8, 4) is 0 Å². The fraction of sp³-hybridized carbons (Fsp3) is 0.625. The van der Waals surface area contributed by atoms with E-state index in [-0.39, 0.29) is 5.41 Å². The van der Waals surface area contributed by atoms with Crippen molar-refractivity contribution in [2.75, 3.05) is 0 Å². The summed E-state index contributed by atoms with van der Waals surface area (Å²) in [5, 5.41) is 7.38. The molecular formula is C8H13N. The van der Waals surface area contributed by atoms with Crippen LogP contribution in [0.5, 0.6) is 0 Å². The lowest BCUT2D eigenvalue weighted by Crippen LogP contribution is -2.07. The lowest BCUT2D eigenvalue weighted by atomic mass is 9.92. The molecule has 1 nitrogen and oxygen atoms in total. The summed E-state index contributed by atoms with van der Waals surface area (Å²) < 4.78 is 0. The first-order valence-electron chi connectivity index (χ1n) is 3.35. The largest absolute Gasteiger partial charge is 0.309 e. The molecule has 0 bridgehead atoms. The second-order valence-electron chi connectivity index (χ2n) is 3.05. The zero-order chi connectivity index (χ0) is 7.07. The van der Waals surface area contributed by atoms with E-state index in [1.807, 2.05) is 6.08 Å². The van der Waals surface area contributed by atoms with Crippen LogP contribution < -0.4 is 0 Å². The van der Waals surface area contributed by atoms with E-state index in [2.05, 4.69) is 20.4 Å². The molecule has 9 heavy (non-hydrogen) atoms. The molecule has 1 unspecified atom stereocenters. The van der Waals surface area contributed by atoms with Gasteiger partial charge in [0.25, 0.3) is 0 Å². The number of allylic oxidation sites excluding steroid dienone is 1. The zero-order valence-corrected chi connectivity index (χ0v) is 6.07. The summed E-state index contributed by atoms with van der Waals surface area (Å²) in [6.45, 7) is 8.01. The number of rotatable bonds is 2. The molecule has 0 saturated heterocycles. The SMILES string of the molecule is C=CC1(C(C)C)CC1=N.